The zero-order valence-corrected chi connectivity index (χ0v) is 10.7. The average molecular weight is 233 g/mol. The maximum Gasteiger partial charge on any atom is 0.337 e. The first-order valence-corrected chi connectivity index (χ1v) is 5.92. The summed E-state index contributed by atoms with van der Waals surface area (Å²) in [7, 11) is 1.41. The van der Waals surface area contributed by atoms with Crippen molar-refractivity contribution in [1.29, 1.82) is 0 Å². The Labute approximate surface area is 102 Å². The van der Waals surface area contributed by atoms with Gasteiger partial charge in [-0.15, -0.1) is 0 Å². The van der Waals surface area contributed by atoms with Gasteiger partial charge in [-0.1, -0.05) is 0 Å². The van der Waals surface area contributed by atoms with E-state index in [9.17, 15) is 4.79 Å². The van der Waals surface area contributed by atoms with E-state index in [0.29, 0.717) is 5.56 Å². The minimum atomic E-state index is -0.281. The van der Waals surface area contributed by atoms with E-state index in [4.69, 9.17) is 10.5 Å². The number of hydrogen-bond acceptors (Lipinski definition) is 3. The van der Waals surface area contributed by atoms with Gasteiger partial charge in [0.05, 0.1) is 12.7 Å². The normalized spacial score (nSPS) is 16.7. The second-order valence-electron chi connectivity index (χ2n) is 5.11. The van der Waals surface area contributed by atoms with Crippen molar-refractivity contribution in [3.63, 3.8) is 0 Å². The molecule has 0 aliphatic heterocycles. The smallest absolute Gasteiger partial charge is 0.337 e. The van der Waals surface area contributed by atoms with Crippen molar-refractivity contribution >= 4 is 5.97 Å². The van der Waals surface area contributed by atoms with Crippen LogP contribution < -0.4 is 5.73 Å². The van der Waals surface area contributed by atoms with E-state index in [-0.39, 0.29) is 11.5 Å². The molecule has 3 nitrogen and oxygen atoms in total. The molecule has 2 rings (SSSR count). The molecule has 1 saturated carbocycles. The van der Waals surface area contributed by atoms with Crippen LogP contribution in [0.4, 0.5) is 0 Å². The summed E-state index contributed by atoms with van der Waals surface area (Å²) < 4.78 is 4.76. The molecule has 0 aromatic heterocycles. The molecule has 1 aliphatic carbocycles. The van der Waals surface area contributed by atoms with Crippen molar-refractivity contribution < 1.29 is 9.53 Å². The van der Waals surface area contributed by atoms with Crippen molar-refractivity contribution in [3.8, 4) is 0 Å². The van der Waals surface area contributed by atoms with E-state index < -0.39 is 0 Å². The van der Waals surface area contributed by atoms with Gasteiger partial charge < -0.3 is 10.5 Å². The van der Waals surface area contributed by atoms with Crippen LogP contribution in [0.5, 0.6) is 0 Å². The molecule has 0 radical (unpaired) electrons. The Morgan fingerprint density at radius 2 is 2.06 bits per heavy atom. The largest absolute Gasteiger partial charge is 0.465 e. The van der Waals surface area contributed by atoms with E-state index in [1.165, 1.54) is 18.2 Å². The van der Waals surface area contributed by atoms with Crippen molar-refractivity contribution in [2.24, 2.45) is 5.73 Å². The summed E-state index contributed by atoms with van der Waals surface area (Å²) in [6.07, 6.45) is 3.01. The standard InChI is InChI=1S/C14H19NO2/c1-9-6-11(13(16)17-3)7-12(10(9)2)8-14(15)4-5-14/h6-7H,4-5,8,15H2,1-3H3. The fourth-order valence-electron chi connectivity index (χ4n) is 2.07. The van der Waals surface area contributed by atoms with Crippen LogP contribution in [0.2, 0.25) is 0 Å². The monoisotopic (exact) mass is 233 g/mol. The molecule has 1 fully saturated rings. The summed E-state index contributed by atoms with van der Waals surface area (Å²) in [5, 5.41) is 0. The first-order chi connectivity index (χ1) is 7.95. The third-order valence-electron chi connectivity index (χ3n) is 3.63. The van der Waals surface area contributed by atoms with Gasteiger partial charge in [0.1, 0.15) is 0 Å². The fourth-order valence-corrected chi connectivity index (χ4v) is 2.07. The van der Waals surface area contributed by atoms with E-state index >= 15 is 0 Å². The third kappa shape index (κ3) is 2.50. The number of carbonyl (C=O) groups is 1. The number of hydrogen-bond donors (Lipinski definition) is 1. The molecule has 92 valence electrons. The van der Waals surface area contributed by atoms with Crippen LogP contribution in [0.15, 0.2) is 12.1 Å². The van der Waals surface area contributed by atoms with Gasteiger partial charge in [0.15, 0.2) is 0 Å². The van der Waals surface area contributed by atoms with Gasteiger partial charge in [-0.05, 0) is 61.9 Å². The van der Waals surface area contributed by atoms with E-state index in [2.05, 4.69) is 6.92 Å². The fraction of sp³-hybridized carbons (Fsp3) is 0.500. The van der Waals surface area contributed by atoms with Gasteiger partial charge in [-0.25, -0.2) is 4.79 Å². The van der Waals surface area contributed by atoms with Crippen LogP contribution in [-0.4, -0.2) is 18.6 Å². The first kappa shape index (κ1) is 12.1. The molecule has 1 aromatic carbocycles. The predicted octanol–water partition coefficient (Wildman–Crippen LogP) is 2.12. The average Bonchev–Trinajstić information content (AvgIpc) is 3.01. The molecule has 0 atom stereocenters. The minimum absolute atomic E-state index is 0.0358. The highest BCUT2D eigenvalue weighted by Gasteiger charge is 2.38. The lowest BCUT2D eigenvalue weighted by Gasteiger charge is -2.14. The lowest BCUT2D eigenvalue weighted by Crippen LogP contribution is -2.25. The third-order valence-corrected chi connectivity index (χ3v) is 3.63. The van der Waals surface area contributed by atoms with E-state index in [0.717, 1.165) is 24.8 Å². The molecule has 0 unspecified atom stereocenters. The summed E-state index contributed by atoms with van der Waals surface area (Å²) in [4.78, 5) is 11.6. The van der Waals surface area contributed by atoms with Gasteiger partial charge >= 0.3 is 5.97 Å². The quantitative estimate of drug-likeness (QED) is 0.814. The lowest BCUT2D eigenvalue weighted by molar-refractivity contribution is 0.0600. The molecular weight excluding hydrogens is 214 g/mol. The lowest BCUT2D eigenvalue weighted by atomic mass is 9.94. The SMILES string of the molecule is COC(=O)c1cc(C)c(C)c(CC2(N)CC2)c1. The maximum atomic E-state index is 11.6. The summed E-state index contributed by atoms with van der Waals surface area (Å²) in [6.45, 7) is 4.10. The van der Waals surface area contributed by atoms with Crippen molar-refractivity contribution in [2.75, 3.05) is 7.11 Å². The second kappa shape index (κ2) is 4.15. The number of ether oxygens (including phenoxy) is 1. The molecule has 1 aromatic rings. The Morgan fingerprint density at radius 1 is 1.41 bits per heavy atom. The number of rotatable bonds is 3. The molecule has 3 heteroatoms. The topological polar surface area (TPSA) is 52.3 Å². The van der Waals surface area contributed by atoms with E-state index in [1.54, 1.807) is 0 Å². The Kier molecular flexibility index (Phi) is 2.96. The molecule has 0 spiro atoms. The van der Waals surface area contributed by atoms with Gasteiger partial charge in [0.25, 0.3) is 0 Å². The Morgan fingerprint density at radius 3 is 2.59 bits per heavy atom. The highest BCUT2D eigenvalue weighted by molar-refractivity contribution is 5.90. The van der Waals surface area contributed by atoms with Crippen molar-refractivity contribution in [3.05, 3.63) is 34.4 Å². The van der Waals surface area contributed by atoms with Crippen LogP contribution in [-0.2, 0) is 11.2 Å². The Hall–Kier alpha value is -1.35. The predicted molar refractivity (Wildman–Crippen MR) is 67.1 cm³/mol. The van der Waals surface area contributed by atoms with Gasteiger partial charge in [0, 0.05) is 5.54 Å². The minimum Gasteiger partial charge on any atom is -0.465 e. The molecule has 17 heavy (non-hydrogen) atoms. The van der Waals surface area contributed by atoms with Crippen LogP contribution in [0.25, 0.3) is 0 Å². The molecule has 0 bridgehead atoms. The maximum absolute atomic E-state index is 11.6. The van der Waals surface area contributed by atoms with Crippen LogP contribution >= 0.6 is 0 Å². The summed E-state index contributed by atoms with van der Waals surface area (Å²) in [6, 6.07) is 3.79. The highest BCUT2D eigenvalue weighted by Crippen LogP contribution is 2.36. The number of carbonyl (C=O) groups excluding carboxylic acids is 1. The summed E-state index contributed by atoms with van der Waals surface area (Å²) in [5.41, 5.74) is 10.2. The van der Waals surface area contributed by atoms with Gasteiger partial charge in [-0.3, -0.25) is 0 Å². The van der Waals surface area contributed by atoms with Crippen molar-refractivity contribution in [2.45, 2.75) is 38.6 Å². The van der Waals surface area contributed by atoms with Gasteiger partial charge in [0.2, 0.25) is 0 Å². The first-order valence-electron chi connectivity index (χ1n) is 5.92. The molecule has 1 aliphatic rings. The van der Waals surface area contributed by atoms with E-state index in [1.807, 2.05) is 19.1 Å². The zero-order chi connectivity index (χ0) is 12.6. The summed E-state index contributed by atoms with van der Waals surface area (Å²) >= 11 is 0. The van der Waals surface area contributed by atoms with Crippen LogP contribution in [0.3, 0.4) is 0 Å². The highest BCUT2D eigenvalue weighted by atomic mass is 16.5. The van der Waals surface area contributed by atoms with Gasteiger partial charge in [-0.2, -0.15) is 0 Å². The Balaban J connectivity index is 2.35. The number of benzene rings is 1. The molecule has 0 saturated heterocycles. The molecule has 0 heterocycles. The number of nitrogens with two attached hydrogens (primary N) is 1. The molecular formula is C14H19NO2. The summed E-state index contributed by atoms with van der Waals surface area (Å²) in [5.74, 6) is -0.281. The number of methoxy groups -OCH3 is 1. The van der Waals surface area contributed by atoms with Crippen LogP contribution in [0, 0.1) is 13.8 Å². The number of aryl methyl sites for hydroxylation is 1. The zero-order valence-electron chi connectivity index (χ0n) is 10.7. The second-order valence-corrected chi connectivity index (χ2v) is 5.11. The molecule has 0 amide bonds. The van der Waals surface area contributed by atoms with Crippen LogP contribution in [0.1, 0.15) is 39.9 Å². The van der Waals surface area contributed by atoms with Crippen molar-refractivity contribution in [1.82, 2.24) is 0 Å². The molecule has 2 N–H and O–H groups in total. The Bertz CT molecular complexity index is 462. The number of esters is 1.